The molecule has 0 saturated heterocycles. The zero-order chi connectivity index (χ0) is 15.7. The molecule has 116 valence electrons. The van der Waals surface area contributed by atoms with E-state index in [4.69, 9.17) is 22.7 Å². The number of rotatable bonds is 9. The molecule has 0 spiro atoms. The van der Waals surface area contributed by atoms with E-state index in [2.05, 4.69) is 10.1 Å². The Kier molecular flexibility index (Phi) is 7.55. The first-order valence-corrected chi connectivity index (χ1v) is 6.55. The van der Waals surface area contributed by atoms with Gasteiger partial charge in [0.15, 0.2) is 0 Å². The number of thiocarbonyl (C=S) groups is 1. The number of benzene rings is 1. The van der Waals surface area contributed by atoms with Crippen molar-refractivity contribution in [2.24, 2.45) is 5.73 Å². The number of ether oxygens (including phenoxy) is 2. The lowest BCUT2D eigenvalue weighted by molar-refractivity contribution is -0.117. The molecule has 3 N–H and O–H groups in total. The smallest absolute Gasteiger partial charge is 0.261 e. The fourth-order valence-corrected chi connectivity index (χ4v) is 1.44. The number of carbonyl (C=O) groups excluding carboxylic acids is 1. The third-order valence-corrected chi connectivity index (χ3v) is 2.33. The highest BCUT2D eigenvalue weighted by atomic mass is 32.1. The number of hydrogen-bond acceptors (Lipinski definition) is 4. The number of halogens is 2. The lowest BCUT2D eigenvalue weighted by atomic mass is 10.3. The Hall–Kier alpha value is -1.80. The third-order valence-electron chi connectivity index (χ3n) is 2.22. The number of amides is 1. The van der Waals surface area contributed by atoms with Gasteiger partial charge in [0.1, 0.15) is 24.0 Å². The maximum atomic E-state index is 11.8. The second-order valence-corrected chi connectivity index (χ2v) is 4.57. The molecule has 0 aliphatic rings. The molecular formula is C13H16F2N2O3S. The fourth-order valence-electron chi connectivity index (χ4n) is 1.38. The summed E-state index contributed by atoms with van der Waals surface area (Å²) in [5.41, 5.74) is 5.84. The number of nitrogens with one attached hydrogen (secondary N) is 1. The zero-order valence-electron chi connectivity index (χ0n) is 11.2. The largest absolute Gasteiger partial charge is 0.486 e. The SMILES string of the molecule is NC(=S)COc1cccc(NC(=O)CCOCC(F)F)c1. The van der Waals surface area contributed by atoms with Gasteiger partial charge >= 0.3 is 0 Å². The van der Waals surface area contributed by atoms with E-state index in [1.165, 1.54) is 0 Å². The number of carbonyl (C=O) groups is 1. The summed E-state index contributed by atoms with van der Waals surface area (Å²) in [6.45, 7) is -0.627. The standard InChI is InChI=1S/C13H16F2N2O3S/c14-11(15)7-19-5-4-13(18)17-9-2-1-3-10(6-9)20-8-12(16)21/h1-3,6,11H,4-5,7-8H2,(H2,16,21)(H,17,18). The van der Waals surface area contributed by atoms with Crippen LogP contribution in [0.1, 0.15) is 6.42 Å². The Bertz CT molecular complexity index is 486. The average molecular weight is 318 g/mol. The molecule has 0 aliphatic heterocycles. The van der Waals surface area contributed by atoms with Crippen LogP contribution in [0.25, 0.3) is 0 Å². The van der Waals surface area contributed by atoms with E-state index < -0.39 is 13.0 Å². The average Bonchev–Trinajstić information content (AvgIpc) is 2.41. The molecule has 1 rings (SSSR count). The van der Waals surface area contributed by atoms with Crippen LogP contribution in [0.15, 0.2) is 24.3 Å². The minimum absolute atomic E-state index is 0.00924. The van der Waals surface area contributed by atoms with Crippen molar-refractivity contribution in [3.63, 3.8) is 0 Å². The molecule has 0 unspecified atom stereocenters. The van der Waals surface area contributed by atoms with Crippen LogP contribution in [-0.4, -0.2) is 37.1 Å². The molecule has 0 heterocycles. The highest BCUT2D eigenvalue weighted by Gasteiger charge is 2.06. The highest BCUT2D eigenvalue weighted by molar-refractivity contribution is 7.80. The Morgan fingerprint density at radius 1 is 1.43 bits per heavy atom. The Morgan fingerprint density at radius 2 is 2.19 bits per heavy atom. The Morgan fingerprint density at radius 3 is 2.86 bits per heavy atom. The summed E-state index contributed by atoms with van der Waals surface area (Å²) >= 11 is 4.69. The molecule has 1 aromatic rings. The number of anilines is 1. The van der Waals surface area contributed by atoms with Gasteiger partial charge in [0.2, 0.25) is 5.91 Å². The minimum Gasteiger partial charge on any atom is -0.486 e. The van der Waals surface area contributed by atoms with Gasteiger partial charge in [0.25, 0.3) is 6.43 Å². The van der Waals surface area contributed by atoms with Crippen molar-refractivity contribution in [1.29, 1.82) is 0 Å². The lowest BCUT2D eigenvalue weighted by Gasteiger charge is -2.09. The summed E-state index contributed by atoms with van der Waals surface area (Å²) < 4.78 is 33.6. The van der Waals surface area contributed by atoms with Gasteiger partial charge in [-0.05, 0) is 12.1 Å². The van der Waals surface area contributed by atoms with Crippen molar-refractivity contribution >= 4 is 28.8 Å². The van der Waals surface area contributed by atoms with Crippen LogP contribution in [0.2, 0.25) is 0 Å². The maximum Gasteiger partial charge on any atom is 0.261 e. The normalized spacial score (nSPS) is 10.4. The van der Waals surface area contributed by atoms with Crippen molar-refractivity contribution in [3.05, 3.63) is 24.3 Å². The van der Waals surface area contributed by atoms with E-state index in [-0.39, 0.29) is 30.5 Å². The third kappa shape index (κ3) is 8.16. The van der Waals surface area contributed by atoms with Crippen LogP contribution < -0.4 is 15.8 Å². The summed E-state index contributed by atoms with van der Waals surface area (Å²) in [4.78, 5) is 11.8. The minimum atomic E-state index is -2.53. The molecule has 0 fully saturated rings. The van der Waals surface area contributed by atoms with E-state index in [0.29, 0.717) is 11.4 Å². The molecule has 8 heteroatoms. The second-order valence-electron chi connectivity index (χ2n) is 4.05. The van der Waals surface area contributed by atoms with Crippen LogP contribution in [0.3, 0.4) is 0 Å². The molecule has 1 amide bonds. The molecule has 21 heavy (non-hydrogen) atoms. The summed E-state index contributed by atoms with van der Waals surface area (Å²) in [5.74, 6) is 0.172. The van der Waals surface area contributed by atoms with Crippen molar-refractivity contribution in [2.75, 3.05) is 25.1 Å². The molecule has 0 atom stereocenters. The first kappa shape index (κ1) is 17.3. The van der Waals surface area contributed by atoms with Crippen LogP contribution in [0.5, 0.6) is 5.75 Å². The fraction of sp³-hybridized carbons (Fsp3) is 0.385. The van der Waals surface area contributed by atoms with E-state index in [1.54, 1.807) is 24.3 Å². The van der Waals surface area contributed by atoms with E-state index >= 15 is 0 Å². The van der Waals surface area contributed by atoms with Crippen molar-refractivity contribution < 1.29 is 23.0 Å². The van der Waals surface area contributed by atoms with Gasteiger partial charge in [-0.15, -0.1) is 0 Å². The number of nitrogens with two attached hydrogens (primary N) is 1. The monoisotopic (exact) mass is 318 g/mol. The van der Waals surface area contributed by atoms with Gasteiger partial charge < -0.3 is 20.5 Å². The summed E-state index contributed by atoms with van der Waals surface area (Å²) in [6, 6.07) is 6.67. The molecule has 1 aromatic carbocycles. The molecule has 5 nitrogen and oxygen atoms in total. The first-order valence-electron chi connectivity index (χ1n) is 6.14. The second kappa shape index (κ2) is 9.19. The maximum absolute atomic E-state index is 11.8. The zero-order valence-corrected chi connectivity index (χ0v) is 12.0. The topological polar surface area (TPSA) is 73.6 Å². The molecule has 0 aliphatic carbocycles. The molecule has 0 saturated carbocycles. The van der Waals surface area contributed by atoms with Crippen molar-refractivity contribution in [1.82, 2.24) is 0 Å². The molecule has 0 radical (unpaired) electrons. The quantitative estimate of drug-likeness (QED) is 0.538. The predicted octanol–water partition coefficient (Wildman–Crippen LogP) is 1.96. The highest BCUT2D eigenvalue weighted by Crippen LogP contribution is 2.17. The lowest BCUT2D eigenvalue weighted by Crippen LogP contribution is -2.18. The molecule has 0 aromatic heterocycles. The predicted molar refractivity (Wildman–Crippen MR) is 78.8 cm³/mol. The van der Waals surface area contributed by atoms with Gasteiger partial charge in [-0.1, -0.05) is 18.3 Å². The van der Waals surface area contributed by atoms with E-state index in [0.717, 1.165) is 0 Å². The van der Waals surface area contributed by atoms with E-state index in [1.807, 2.05) is 0 Å². The van der Waals surface area contributed by atoms with Crippen LogP contribution >= 0.6 is 12.2 Å². The van der Waals surface area contributed by atoms with Crippen molar-refractivity contribution in [2.45, 2.75) is 12.8 Å². The summed E-state index contributed by atoms with van der Waals surface area (Å²) in [6.07, 6.45) is -2.54. The summed E-state index contributed by atoms with van der Waals surface area (Å²) in [7, 11) is 0. The molecular weight excluding hydrogens is 302 g/mol. The first-order chi connectivity index (χ1) is 9.97. The van der Waals surface area contributed by atoms with Gasteiger partial charge in [-0.25, -0.2) is 8.78 Å². The van der Waals surface area contributed by atoms with Gasteiger partial charge in [-0.3, -0.25) is 4.79 Å². The van der Waals surface area contributed by atoms with Crippen molar-refractivity contribution in [3.8, 4) is 5.75 Å². The van der Waals surface area contributed by atoms with Crippen LogP contribution in [0, 0.1) is 0 Å². The van der Waals surface area contributed by atoms with Crippen LogP contribution in [0.4, 0.5) is 14.5 Å². The summed E-state index contributed by atoms with van der Waals surface area (Å²) in [5, 5.41) is 2.61. The van der Waals surface area contributed by atoms with Gasteiger partial charge in [0.05, 0.1) is 13.0 Å². The van der Waals surface area contributed by atoms with Crippen LogP contribution in [-0.2, 0) is 9.53 Å². The Labute approximate surface area is 126 Å². The van der Waals surface area contributed by atoms with Gasteiger partial charge in [0, 0.05) is 11.8 Å². The molecule has 0 bridgehead atoms. The number of alkyl halides is 2. The van der Waals surface area contributed by atoms with E-state index in [9.17, 15) is 13.6 Å². The number of hydrogen-bond donors (Lipinski definition) is 2. The Balaban J connectivity index is 2.38. The van der Waals surface area contributed by atoms with Gasteiger partial charge in [-0.2, -0.15) is 0 Å².